The first-order valence-electron chi connectivity index (χ1n) is 3.22. The number of benzene rings is 1. The molecule has 0 amide bonds. The minimum atomic E-state index is 0.128. The first-order chi connectivity index (χ1) is 5.25. The summed E-state index contributed by atoms with van der Waals surface area (Å²) in [4.78, 5) is 0. The molecule has 0 saturated heterocycles. The Morgan fingerprint density at radius 1 is 1.36 bits per heavy atom. The quantitative estimate of drug-likeness (QED) is 0.364. The van der Waals surface area contributed by atoms with Gasteiger partial charge in [0.2, 0.25) is 0 Å². The zero-order valence-electron chi connectivity index (χ0n) is 6.15. The first kappa shape index (κ1) is 7.60. The van der Waals surface area contributed by atoms with Gasteiger partial charge in [0.25, 0.3) is 0 Å². The topological polar surface area (TPSA) is 52.8 Å². The molecule has 0 radical (unpaired) electrons. The molecule has 0 unspecified atom stereocenters. The maximum Gasteiger partial charge on any atom is 0.124 e. The van der Waals surface area contributed by atoms with Crippen LogP contribution in [0.15, 0.2) is 29.4 Å². The number of rotatable bonds is 1. The van der Waals surface area contributed by atoms with Gasteiger partial charge < -0.3 is 10.3 Å². The second kappa shape index (κ2) is 3.05. The molecule has 0 fully saturated rings. The average molecular weight is 151 g/mol. The third-order valence-electron chi connectivity index (χ3n) is 1.44. The fourth-order valence-electron chi connectivity index (χ4n) is 0.833. The van der Waals surface area contributed by atoms with Crippen molar-refractivity contribution in [1.29, 1.82) is 0 Å². The van der Waals surface area contributed by atoms with Crippen LogP contribution in [0.25, 0.3) is 0 Å². The molecule has 2 N–H and O–H groups in total. The van der Waals surface area contributed by atoms with Crippen LogP contribution in [0, 0.1) is 0 Å². The lowest BCUT2D eigenvalue weighted by molar-refractivity contribution is 0.318. The molecule has 0 spiro atoms. The van der Waals surface area contributed by atoms with Gasteiger partial charge in [-0.3, -0.25) is 0 Å². The Labute approximate surface area is 64.6 Å². The minimum Gasteiger partial charge on any atom is -0.507 e. The van der Waals surface area contributed by atoms with Crippen LogP contribution in [0.4, 0.5) is 0 Å². The van der Waals surface area contributed by atoms with E-state index >= 15 is 0 Å². The Morgan fingerprint density at radius 3 is 2.55 bits per heavy atom. The molecule has 11 heavy (non-hydrogen) atoms. The van der Waals surface area contributed by atoms with Crippen LogP contribution in [0.1, 0.15) is 12.5 Å². The average Bonchev–Trinajstić information content (AvgIpc) is 2.04. The largest absolute Gasteiger partial charge is 0.507 e. The van der Waals surface area contributed by atoms with Crippen molar-refractivity contribution >= 4 is 5.71 Å². The van der Waals surface area contributed by atoms with E-state index in [1.54, 1.807) is 31.2 Å². The molecule has 1 aromatic carbocycles. The van der Waals surface area contributed by atoms with Crippen LogP contribution in [-0.2, 0) is 0 Å². The van der Waals surface area contributed by atoms with E-state index in [0.717, 1.165) is 0 Å². The molecular weight excluding hydrogens is 142 g/mol. The minimum absolute atomic E-state index is 0.128. The molecule has 3 heteroatoms. The van der Waals surface area contributed by atoms with E-state index in [2.05, 4.69) is 5.16 Å². The highest BCUT2D eigenvalue weighted by Gasteiger charge is 2.01. The Kier molecular flexibility index (Phi) is 2.11. The summed E-state index contributed by atoms with van der Waals surface area (Å²) in [6, 6.07) is 6.71. The fraction of sp³-hybridized carbons (Fsp3) is 0.125. The summed E-state index contributed by atoms with van der Waals surface area (Å²) in [6.07, 6.45) is 0. The maximum atomic E-state index is 9.22. The molecule has 1 aromatic rings. The van der Waals surface area contributed by atoms with Gasteiger partial charge in [-0.25, -0.2) is 0 Å². The number of hydrogen-bond donors (Lipinski definition) is 2. The summed E-state index contributed by atoms with van der Waals surface area (Å²) in [7, 11) is 0. The molecule has 0 saturated carbocycles. The van der Waals surface area contributed by atoms with Crippen molar-refractivity contribution in [2.24, 2.45) is 5.16 Å². The normalized spacial score (nSPS) is 11.5. The van der Waals surface area contributed by atoms with Gasteiger partial charge in [-0.2, -0.15) is 0 Å². The van der Waals surface area contributed by atoms with Gasteiger partial charge in [-0.15, -0.1) is 0 Å². The van der Waals surface area contributed by atoms with Crippen molar-refractivity contribution < 1.29 is 10.3 Å². The smallest absolute Gasteiger partial charge is 0.124 e. The molecule has 0 aliphatic rings. The van der Waals surface area contributed by atoms with Crippen molar-refractivity contribution in [2.45, 2.75) is 6.92 Å². The van der Waals surface area contributed by atoms with Crippen LogP contribution < -0.4 is 0 Å². The Hall–Kier alpha value is -1.51. The van der Waals surface area contributed by atoms with Gasteiger partial charge in [0.05, 0.1) is 5.71 Å². The lowest BCUT2D eigenvalue weighted by atomic mass is 10.1. The number of para-hydroxylation sites is 1. The highest BCUT2D eigenvalue weighted by atomic mass is 16.4. The molecule has 0 heterocycles. The van der Waals surface area contributed by atoms with Crippen molar-refractivity contribution in [2.75, 3.05) is 0 Å². The summed E-state index contributed by atoms with van der Waals surface area (Å²) in [5.74, 6) is 0.128. The first-order valence-corrected chi connectivity index (χ1v) is 3.22. The summed E-state index contributed by atoms with van der Waals surface area (Å²) in [5, 5.41) is 20.6. The van der Waals surface area contributed by atoms with Gasteiger partial charge in [0.15, 0.2) is 0 Å². The number of phenols is 1. The van der Waals surface area contributed by atoms with Crippen LogP contribution in [0.5, 0.6) is 5.75 Å². The van der Waals surface area contributed by atoms with Crippen LogP contribution in [0.3, 0.4) is 0 Å². The summed E-state index contributed by atoms with van der Waals surface area (Å²) >= 11 is 0. The molecule has 0 aliphatic carbocycles. The van der Waals surface area contributed by atoms with E-state index in [0.29, 0.717) is 11.3 Å². The monoisotopic (exact) mass is 151 g/mol. The van der Waals surface area contributed by atoms with Gasteiger partial charge in [-0.1, -0.05) is 17.3 Å². The van der Waals surface area contributed by atoms with E-state index < -0.39 is 0 Å². The van der Waals surface area contributed by atoms with E-state index in [-0.39, 0.29) is 5.75 Å². The molecule has 0 atom stereocenters. The lowest BCUT2D eigenvalue weighted by Crippen LogP contribution is -1.93. The van der Waals surface area contributed by atoms with Gasteiger partial charge in [-0.05, 0) is 19.1 Å². The van der Waals surface area contributed by atoms with Crippen molar-refractivity contribution in [3.8, 4) is 5.75 Å². The Balaban J connectivity index is 3.14. The molecular formula is C8H9NO2. The molecule has 1 rings (SSSR count). The third-order valence-corrected chi connectivity index (χ3v) is 1.44. The highest BCUT2D eigenvalue weighted by molar-refractivity contribution is 6.00. The van der Waals surface area contributed by atoms with E-state index in [4.69, 9.17) is 5.21 Å². The van der Waals surface area contributed by atoms with Crippen LogP contribution in [-0.4, -0.2) is 16.0 Å². The Bertz CT molecular complexity index is 281. The molecule has 0 aliphatic heterocycles. The highest BCUT2D eigenvalue weighted by Crippen LogP contribution is 2.15. The zero-order valence-corrected chi connectivity index (χ0v) is 6.15. The summed E-state index contributed by atoms with van der Waals surface area (Å²) < 4.78 is 0. The Morgan fingerprint density at radius 2 is 2.00 bits per heavy atom. The second-order valence-electron chi connectivity index (χ2n) is 2.20. The van der Waals surface area contributed by atoms with Crippen LogP contribution in [0.2, 0.25) is 0 Å². The van der Waals surface area contributed by atoms with E-state index in [9.17, 15) is 5.11 Å². The second-order valence-corrected chi connectivity index (χ2v) is 2.20. The van der Waals surface area contributed by atoms with Crippen molar-refractivity contribution in [3.63, 3.8) is 0 Å². The predicted molar refractivity (Wildman–Crippen MR) is 42.1 cm³/mol. The van der Waals surface area contributed by atoms with Crippen molar-refractivity contribution in [3.05, 3.63) is 29.8 Å². The zero-order chi connectivity index (χ0) is 8.27. The fourth-order valence-corrected chi connectivity index (χ4v) is 0.833. The standard InChI is InChI=1S/C8H9NO2/c1-6(9-11)7-4-2-3-5-8(7)10/h2-5,10-11H,1H3/b9-6+. The number of oxime groups is 1. The van der Waals surface area contributed by atoms with Crippen LogP contribution >= 0.6 is 0 Å². The SMILES string of the molecule is C/C(=N\O)c1ccccc1O. The van der Waals surface area contributed by atoms with Crippen molar-refractivity contribution in [1.82, 2.24) is 0 Å². The number of hydrogen-bond acceptors (Lipinski definition) is 3. The van der Waals surface area contributed by atoms with Gasteiger partial charge in [0, 0.05) is 5.56 Å². The molecule has 0 aromatic heterocycles. The van der Waals surface area contributed by atoms with Gasteiger partial charge >= 0.3 is 0 Å². The summed E-state index contributed by atoms with van der Waals surface area (Å²) in [5.41, 5.74) is 0.957. The predicted octanol–water partition coefficient (Wildman–Crippen LogP) is 1.59. The van der Waals surface area contributed by atoms with E-state index in [1.807, 2.05) is 0 Å². The van der Waals surface area contributed by atoms with E-state index in [1.165, 1.54) is 0 Å². The molecule has 0 bridgehead atoms. The molecule has 58 valence electrons. The van der Waals surface area contributed by atoms with Gasteiger partial charge in [0.1, 0.15) is 5.75 Å². The third kappa shape index (κ3) is 1.49. The maximum absolute atomic E-state index is 9.22. The number of phenolic OH excluding ortho intramolecular Hbond substituents is 1. The summed E-state index contributed by atoms with van der Waals surface area (Å²) in [6.45, 7) is 1.62. The number of aromatic hydroxyl groups is 1. The molecule has 3 nitrogen and oxygen atoms in total. The lowest BCUT2D eigenvalue weighted by Gasteiger charge is -1.99. The number of nitrogens with zero attached hydrogens (tertiary/aromatic N) is 1.